The number of terminal acetylenes is 1. The molecule has 1 aromatic rings. The summed E-state index contributed by atoms with van der Waals surface area (Å²) in [7, 11) is 0. The fourth-order valence-electron chi connectivity index (χ4n) is 5.82. The summed E-state index contributed by atoms with van der Waals surface area (Å²) in [6, 6.07) is 5.87. The number of aliphatic hydroxyl groups is 1. The first-order chi connectivity index (χ1) is 10.5. The Bertz CT molecular complexity index is 658. The number of phenols is 1. The van der Waals surface area contributed by atoms with Crippen molar-refractivity contribution in [3.05, 3.63) is 29.3 Å². The number of phenolic OH excluding ortho intramolecular Hbond substituents is 1. The lowest BCUT2D eigenvalue weighted by molar-refractivity contribution is -0.0646. The Labute approximate surface area is 132 Å². The van der Waals surface area contributed by atoms with Gasteiger partial charge in [-0.3, -0.25) is 0 Å². The predicted molar refractivity (Wildman–Crippen MR) is 86.5 cm³/mol. The van der Waals surface area contributed by atoms with Crippen LogP contribution in [0, 0.1) is 29.6 Å². The molecule has 1 aromatic carbocycles. The van der Waals surface area contributed by atoms with Gasteiger partial charge in [-0.15, -0.1) is 6.42 Å². The van der Waals surface area contributed by atoms with Crippen molar-refractivity contribution in [2.75, 3.05) is 0 Å². The van der Waals surface area contributed by atoms with Crippen molar-refractivity contribution in [3.63, 3.8) is 0 Å². The van der Waals surface area contributed by atoms with E-state index in [0.29, 0.717) is 23.5 Å². The zero-order chi connectivity index (χ0) is 15.5. The molecule has 0 spiro atoms. The Balaban J connectivity index is 1.72. The lowest BCUT2D eigenvalue weighted by Gasteiger charge is -2.52. The van der Waals surface area contributed by atoms with E-state index < -0.39 is 5.60 Å². The minimum atomic E-state index is -0.919. The first-order valence-corrected chi connectivity index (χ1v) is 8.50. The normalized spacial score (nSPS) is 42.9. The van der Waals surface area contributed by atoms with Gasteiger partial charge in [-0.1, -0.05) is 18.9 Å². The van der Waals surface area contributed by atoms with Gasteiger partial charge in [0.2, 0.25) is 0 Å². The largest absolute Gasteiger partial charge is 0.508 e. The van der Waals surface area contributed by atoms with Crippen LogP contribution in [-0.4, -0.2) is 15.8 Å². The summed E-state index contributed by atoms with van der Waals surface area (Å²) < 4.78 is 0. The van der Waals surface area contributed by atoms with Crippen LogP contribution in [0.4, 0.5) is 0 Å². The Morgan fingerprint density at radius 3 is 2.82 bits per heavy atom. The van der Waals surface area contributed by atoms with Crippen molar-refractivity contribution in [1.29, 1.82) is 0 Å². The fourth-order valence-corrected chi connectivity index (χ4v) is 5.82. The molecule has 116 valence electrons. The number of hydrogen-bond acceptors (Lipinski definition) is 2. The Morgan fingerprint density at radius 1 is 1.23 bits per heavy atom. The van der Waals surface area contributed by atoms with Crippen LogP contribution in [0.25, 0.3) is 0 Å². The molecule has 0 heterocycles. The van der Waals surface area contributed by atoms with Crippen LogP contribution in [0.3, 0.4) is 0 Å². The molecule has 2 fully saturated rings. The summed E-state index contributed by atoms with van der Waals surface area (Å²) in [6.07, 6.45) is 11.8. The highest BCUT2D eigenvalue weighted by molar-refractivity contribution is 5.40. The Morgan fingerprint density at radius 2 is 2.05 bits per heavy atom. The minimum Gasteiger partial charge on any atom is -0.508 e. The molecular weight excluding hydrogens is 272 g/mol. The van der Waals surface area contributed by atoms with E-state index in [9.17, 15) is 10.2 Å². The molecule has 3 unspecified atom stereocenters. The number of aryl methyl sites for hydroxylation is 1. The van der Waals surface area contributed by atoms with Gasteiger partial charge in [-0.05, 0) is 79.5 Å². The van der Waals surface area contributed by atoms with Crippen LogP contribution in [-0.2, 0) is 6.42 Å². The van der Waals surface area contributed by atoms with Gasteiger partial charge in [0.25, 0.3) is 0 Å². The van der Waals surface area contributed by atoms with Crippen molar-refractivity contribution >= 4 is 0 Å². The first-order valence-electron chi connectivity index (χ1n) is 8.50. The molecule has 0 saturated heterocycles. The summed E-state index contributed by atoms with van der Waals surface area (Å²) in [5, 5.41) is 20.6. The van der Waals surface area contributed by atoms with Crippen LogP contribution in [0.5, 0.6) is 5.75 Å². The van der Waals surface area contributed by atoms with Crippen LogP contribution in [0.2, 0.25) is 0 Å². The molecule has 2 N–H and O–H groups in total. The Hall–Kier alpha value is -1.46. The highest BCUT2D eigenvalue weighted by Gasteiger charge is 2.61. The van der Waals surface area contributed by atoms with E-state index in [4.69, 9.17) is 6.42 Å². The van der Waals surface area contributed by atoms with Crippen LogP contribution in [0.1, 0.15) is 56.1 Å². The van der Waals surface area contributed by atoms with E-state index in [1.165, 1.54) is 11.1 Å². The molecule has 0 aromatic heterocycles. The van der Waals surface area contributed by atoms with Crippen LogP contribution >= 0.6 is 0 Å². The molecular formula is C20H24O2. The average Bonchev–Trinajstić information content (AvgIpc) is 2.79. The van der Waals surface area contributed by atoms with Gasteiger partial charge in [0.05, 0.1) is 0 Å². The van der Waals surface area contributed by atoms with Crippen molar-refractivity contribution in [3.8, 4) is 18.1 Å². The fraction of sp³-hybridized carbons (Fsp3) is 0.600. The molecule has 2 heteroatoms. The monoisotopic (exact) mass is 296 g/mol. The number of fused-ring (bicyclic) bond motifs is 5. The highest BCUT2D eigenvalue weighted by atomic mass is 16.3. The maximum Gasteiger partial charge on any atom is 0.130 e. The second kappa shape index (κ2) is 4.52. The van der Waals surface area contributed by atoms with Gasteiger partial charge < -0.3 is 10.2 Å². The summed E-state index contributed by atoms with van der Waals surface area (Å²) in [6.45, 7) is 2.22. The number of rotatable bonds is 0. The van der Waals surface area contributed by atoms with Gasteiger partial charge in [0.1, 0.15) is 11.4 Å². The lowest BCUT2D eigenvalue weighted by atomic mass is 9.53. The van der Waals surface area contributed by atoms with Crippen molar-refractivity contribution in [2.45, 2.75) is 57.0 Å². The maximum atomic E-state index is 10.9. The molecule has 2 nitrogen and oxygen atoms in total. The molecule has 3 aliphatic carbocycles. The van der Waals surface area contributed by atoms with Crippen molar-refractivity contribution in [1.82, 2.24) is 0 Å². The van der Waals surface area contributed by atoms with E-state index in [0.717, 1.165) is 38.5 Å². The molecule has 4 rings (SSSR count). The van der Waals surface area contributed by atoms with E-state index in [1.54, 1.807) is 0 Å². The number of benzene rings is 1. The molecule has 0 radical (unpaired) electrons. The average molecular weight is 296 g/mol. The van der Waals surface area contributed by atoms with Crippen LogP contribution in [0.15, 0.2) is 18.2 Å². The standard InChI is InChI=1S/C20H24O2/c1-3-20(22)11-9-18-17-6-4-13-12-14(21)5-7-15(13)16(17)8-10-19(18,20)2/h1,5,7,12,16-18,21-22H,4,6,8-11H2,2H3/t16?,17?,18?,19-,20-/m0/s1. The second-order valence-corrected chi connectivity index (χ2v) is 7.80. The zero-order valence-electron chi connectivity index (χ0n) is 13.2. The summed E-state index contributed by atoms with van der Waals surface area (Å²) in [4.78, 5) is 0. The highest BCUT2D eigenvalue weighted by Crippen LogP contribution is 2.64. The maximum absolute atomic E-state index is 10.9. The van der Waals surface area contributed by atoms with Gasteiger partial charge in [0.15, 0.2) is 0 Å². The quantitative estimate of drug-likeness (QED) is 0.718. The minimum absolute atomic E-state index is 0.128. The third-order valence-electron chi connectivity index (χ3n) is 7.10. The molecule has 0 bridgehead atoms. The van der Waals surface area contributed by atoms with Gasteiger partial charge in [0, 0.05) is 5.41 Å². The molecule has 22 heavy (non-hydrogen) atoms. The van der Waals surface area contributed by atoms with E-state index in [1.807, 2.05) is 12.1 Å². The topological polar surface area (TPSA) is 40.5 Å². The summed E-state index contributed by atoms with van der Waals surface area (Å²) in [5.74, 6) is 4.82. The number of hydrogen-bond donors (Lipinski definition) is 2. The van der Waals surface area contributed by atoms with Crippen molar-refractivity contribution in [2.24, 2.45) is 17.3 Å². The molecule has 2 saturated carbocycles. The third-order valence-corrected chi connectivity index (χ3v) is 7.10. The SMILES string of the molecule is C#C[C@]1(O)CCC2C3CCc4cc(O)ccc4C3CC[C@@]21C. The predicted octanol–water partition coefficient (Wildman–Crippen LogP) is 3.61. The van der Waals surface area contributed by atoms with E-state index in [2.05, 4.69) is 18.9 Å². The Kier molecular flexibility index (Phi) is 2.91. The molecule has 3 aliphatic rings. The smallest absolute Gasteiger partial charge is 0.130 e. The van der Waals surface area contributed by atoms with Crippen molar-refractivity contribution < 1.29 is 10.2 Å². The summed E-state index contributed by atoms with van der Waals surface area (Å²) in [5.41, 5.74) is 1.69. The lowest BCUT2D eigenvalue weighted by Crippen LogP contribution is -2.50. The summed E-state index contributed by atoms with van der Waals surface area (Å²) >= 11 is 0. The molecule has 0 aliphatic heterocycles. The third kappa shape index (κ3) is 1.66. The van der Waals surface area contributed by atoms with Gasteiger partial charge >= 0.3 is 0 Å². The van der Waals surface area contributed by atoms with Gasteiger partial charge in [-0.2, -0.15) is 0 Å². The second-order valence-electron chi connectivity index (χ2n) is 7.80. The first kappa shape index (κ1) is 14.2. The van der Waals surface area contributed by atoms with E-state index in [-0.39, 0.29) is 5.41 Å². The molecule has 0 amide bonds. The van der Waals surface area contributed by atoms with Gasteiger partial charge in [-0.25, -0.2) is 0 Å². The van der Waals surface area contributed by atoms with Crippen LogP contribution < -0.4 is 0 Å². The zero-order valence-corrected chi connectivity index (χ0v) is 13.2. The van der Waals surface area contributed by atoms with E-state index >= 15 is 0 Å². The molecule has 5 atom stereocenters. The number of aromatic hydroxyl groups is 1.